The SMILES string of the molecule is CCC(C)C(=O)OC1CC(CC(F)(F)F)CC(C(O)(C(F)(F)F)C(F)(F)F)C1. The van der Waals surface area contributed by atoms with Crippen LogP contribution in [0.15, 0.2) is 0 Å². The van der Waals surface area contributed by atoms with E-state index in [4.69, 9.17) is 4.74 Å². The molecule has 28 heavy (non-hydrogen) atoms. The van der Waals surface area contributed by atoms with E-state index >= 15 is 0 Å². The van der Waals surface area contributed by atoms with Gasteiger partial charge in [0.15, 0.2) is 0 Å². The third-order valence-electron chi connectivity index (χ3n) is 5.03. The first kappa shape index (κ1) is 24.8. The Labute approximate surface area is 155 Å². The van der Waals surface area contributed by atoms with Crippen molar-refractivity contribution in [1.82, 2.24) is 0 Å². The van der Waals surface area contributed by atoms with Crippen LogP contribution in [-0.4, -0.2) is 41.3 Å². The van der Waals surface area contributed by atoms with Gasteiger partial charge in [-0.2, -0.15) is 39.5 Å². The molecule has 0 aromatic rings. The van der Waals surface area contributed by atoms with Crippen molar-refractivity contribution in [3.63, 3.8) is 0 Å². The number of rotatable bonds is 5. The minimum Gasteiger partial charge on any atom is -0.462 e. The summed E-state index contributed by atoms with van der Waals surface area (Å²) < 4.78 is 122. The number of alkyl halides is 9. The first-order valence-corrected chi connectivity index (χ1v) is 8.55. The average molecular weight is 432 g/mol. The van der Waals surface area contributed by atoms with E-state index in [9.17, 15) is 49.4 Å². The molecule has 3 nitrogen and oxygen atoms in total. The number of halogens is 9. The molecule has 1 rings (SSSR count). The molecule has 0 heterocycles. The lowest BCUT2D eigenvalue weighted by Gasteiger charge is -2.44. The molecule has 0 amide bonds. The summed E-state index contributed by atoms with van der Waals surface area (Å²) in [6.07, 6.45) is -22.9. The second-order valence-electron chi connectivity index (χ2n) is 7.22. The van der Waals surface area contributed by atoms with Crippen LogP contribution in [0.4, 0.5) is 39.5 Å². The maximum absolute atomic E-state index is 13.1. The van der Waals surface area contributed by atoms with Gasteiger partial charge in [-0.15, -0.1) is 0 Å². The van der Waals surface area contributed by atoms with Crippen molar-refractivity contribution in [1.29, 1.82) is 0 Å². The number of aliphatic hydroxyl groups is 1. The van der Waals surface area contributed by atoms with Gasteiger partial charge in [0.2, 0.25) is 0 Å². The Balaban J connectivity index is 3.23. The predicted octanol–water partition coefficient (Wildman–Crippen LogP) is 5.17. The molecule has 1 N–H and O–H groups in total. The monoisotopic (exact) mass is 432 g/mol. The van der Waals surface area contributed by atoms with Crippen LogP contribution in [0.1, 0.15) is 46.0 Å². The van der Waals surface area contributed by atoms with Gasteiger partial charge in [-0.25, -0.2) is 0 Å². The fourth-order valence-electron chi connectivity index (χ4n) is 3.38. The van der Waals surface area contributed by atoms with Gasteiger partial charge in [0.05, 0.1) is 5.92 Å². The zero-order valence-electron chi connectivity index (χ0n) is 15.0. The molecule has 0 aliphatic heterocycles. The van der Waals surface area contributed by atoms with Crippen LogP contribution >= 0.6 is 0 Å². The Morgan fingerprint density at radius 1 is 1.00 bits per heavy atom. The lowest BCUT2D eigenvalue weighted by Crippen LogP contribution is -2.63. The van der Waals surface area contributed by atoms with E-state index in [1.807, 2.05) is 0 Å². The van der Waals surface area contributed by atoms with Crippen molar-refractivity contribution in [3.05, 3.63) is 0 Å². The normalized spacial score (nSPS) is 26.1. The molecule has 1 aliphatic rings. The van der Waals surface area contributed by atoms with Crippen molar-refractivity contribution < 1.29 is 54.2 Å². The number of hydrogen-bond donors (Lipinski definition) is 1. The van der Waals surface area contributed by atoms with E-state index in [0.29, 0.717) is 0 Å². The standard InChI is InChI=1S/C16H21F9O3/c1-3-8(2)12(26)28-11-5-9(7-13(17,18)19)4-10(6-11)14(27,15(20,21)22)16(23,24)25/h8-11,27H,3-7H2,1-2H3. The molecule has 4 atom stereocenters. The van der Waals surface area contributed by atoms with Crippen molar-refractivity contribution in [2.75, 3.05) is 0 Å². The minimum atomic E-state index is -6.17. The fourth-order valence-corrected chi connectivity index (χ4v) is 3.38. The number of carbonyl (C=O) groups is 1. The Morgan fingerprint density at radius 2 is 1.50 bits per heavy atom. The molecule has 0 aromatic carbocycles. The quantitative estimate of drug-likeness (QED) is 0.482. The summed E-state index contributed by atoms with van der Waals surface area (Å²) in [5.41, 5.74) is -5.20. The highest BCUT2D eigenvalue weighted by Crippen LogP contribution is 2.53. The molecule has 1 aliphatic carbocycles. The second-order valence-corrected chi connectivity index (χ2v) is 7.22. The lowest BCUT2D eigenvalue weighted by molar-refractivity contribution is -0.389. The van der Waals surface area contributed by atoms with E-state index in [2.05, 4.69) is 0 Å². The van der Waals surface area contributed by atoms with Crippen molar-refractivity contribution in [2.45, 2.75) is 76.2 Å². The van der Waals surface area contributed by atoms with Gasteiger partial charge in [0.1, 0.15) is 6.10 Å². The maximum Gasteiger partial charge on any atom is 0.426 e. The van der Waals surface area contributed by atoms with Crippen molar-refractivity contribution in [2.24, 2.45) is 17.8 Å². The second kappa shape index (κ2) is 8.27. The summed E-state index contributed by atoms with van der Waals surface area (Å²) >= 11 is 0. The van der Waals surface area contributed by atoms with Crippen LogP contribution in [0.3, 0.4) is 0 Å². The minimum absolute atomic E-state index is 0.260. The van der Waals surface area contributed by atoms with Crippen LogP contribution in [0.2, 0.25) is 0 Å². The number of carbonyl (C=O) groups excluding carboxylic acids is 1. The fraction of sp³-hybridized carbons (Fsp3) is 0.938. The summed E-state index contributed by atoms with van der Waals surface area (Å²) in [5.74, 6) is -5.96. The van der Waals surface area contributed by atoms with E-state index in [0.717, 1.165) is 0 Å². The van der Waals surface area contributed by atoms with Gasteiger partial charge >= 0.3 is 24.5 Å². The molecule has 0 saturated heterocycles. The van der Waals surface area contributed by atoms with Crippen LogP contribution in [0, 0.1) is 17.8 Å². The van der Waals surface area contributed by atoms with E-state index in [1.54, 1.807) is 6.92 Å². The summed E-state index contributed by atoms with van der Waals surface area (Å²) in [7, 11) is 0. The van der Waals surface area contributed by atoms with Crippen molar-refractivity contribution >= 4 is 5.97 Å². The highest BCUT2D eigenvalue weighted by molar-refractivity contribution is 5.72. The Bertz CT molecular complexity index is 525. The summed E-state index contributed by atoms with van der Waals surface area (Å²) in [6.45, 7) is 2.98. The topological polar surface area (TPSA) is 46.5 Å². The average Bonchev–Trinajstić information content (AvgIpc) is 2.48. The predicted molar refractivity (Wildman–Crippen MR) is 77.9 cm³/mol. The van der Waals surface area contributed by atoms with Gasteiger partial charge in [-0.3, -0.25) is 4.79 Å². The third-order valence-corrected chi connectivity index (χ3v) is 5.03. The first-order chi connectivity index (χ1) is 12.4. The largest absolute Gasteiger partial charge is 0.462 e. The van der Waals surface area contributed by atoms with Crippen LogP contribution in [0.25, 0.3) is 0 Å². The smallest absolute Gasteiger partial charge is 0.426 e. The van der Waals surface area contributed by atoms with E-state index in [-0.39, 0.29) is 6.42 Å². The molecule has 0 bridgehead atoms. The van der Waals surface area contributed by atoms with Crippen LogP contribution in [0.5, 0.6) is 0 Å². The van der Waals surface area contributed by atoms with Gasteiger partial charge in [-0.1, -0.05) is 13.8 Å². The van der Waals surface area contributed by atoms with Crippen molar-refractivity contribution in [3.8, 4) is 0 Å². The number of hydrogen-bond acceptors (Lipinski definition) is 3. The molecular formula is C16H21F9O3. The van der Waals surface area contributed by atoms with Gasteiger partial charge < -0.3 is 9.84 Å². The first-order valence-electron chi connectivity index (χ1n) is 8.55. The molecule has 12 heteroatoms. The Hall–Kier alpha value is -1.20. The van der Waals surface area contributed by atoms with Gasteiger partial charge in [-0.05, 0) is 31.6 Å². The molecular weight excluding hydrogens is 411 g/mol. The Morgan fingerprint density at radius 3 is 1.89 bits per heavy atom. The highest BCUT2D eigenvalue weighted by atomic mass is 19.4. The summed E-state index contributed by atoms with van der Waals surface area (Å²) in [6, 6.07) is 0. The lowest BCUT2D eigenvalue weighted by atomic mass is 9.70. The number of esters is 1. The molecule has 1 saturated carbocycles. The van der Waals surface area contributed by atoms with Gasteiger partial charge in [0, 0.05) is 12.3 Å². The number of ether oxygens (including phenoxy) is 1. The molecule has 0 radical (unpaired) electrons. The summed E-state index contributed by atoms with van der Waals surface area (Å²) in [5, 5.41) is 9.56. The van der Waals surface area contributed by atoms with Crippen LogP contribution < -0.4 is 0 Å². The molecule has 166 valence electrons. The maximum atomic E-state index is 13.1. The third kappa shape index (κ3) is 5.66. The van der Waals surface area contributed by atoms with E-state index < -0.39 is 79.6 Å². The highest BCUT2D eigenvalue weighted by Gasteiger charge is 2.74. The van der Waals surface area contributed by atoms with E-state index in [1.165, 1.54) is 6.92 Å². The molecule has 0 spiro atoms. The Kier molecular flexibility index (Phi) is 7.34. The molecule has 1 fully saturated rings. The zero-order valence-corrected chi connectivity index (χ0v) is 15.0. The van der Waals surface area contributed by atoms with Gasteiger partial charge in [0.25, 0.3) is 5.60 Å². The molecule has 4 unspecified atom stereocenters. The zero-order chi connectivity index (χ0) is 22.1. The summed E-state index contributed by atoms with van der Waals surface area (Å²) in [4.78, 5) is 11.8. The van der Waals surface area contributed by atoms with Crippen LogP contribution in [-0.2, 0) is 9.53 Å². The molecule has 0 aromatic heterocycles.